The van der Waals surface area contributed by atoms with Crippen molar-refractivity contribution < 1.29 is 18.8 Å². The van der Waals surface area contributed by atoms with Crippen LogP contribution in [0, 0.1) is 11.7 Å². The van der Waals surface area contributed by atoms with E-state index in [0.29, 0.717) is 30.8 Å². The summed E-state index contributed by atoms with van der Waals surface area (Å²) in [4.78, 5) is 21.8. The molecular formula is C23H24FN3O4. The highest BCUT2D eigenvalue weighted by Gasteiger charge is 2.29. The fraction of sp³-hybridized carbons (Fsp3) is 0.348. The summed E-state index contributed by atoms with van der Waals surface area (Å²) in [7, 11) is 0. The molecule has 1 aromatic heterocycles. The van der Waals surface area contributed by atoms with Crippen LogP contribution < -0.4 is 11.2 Å². The van der Waals surface area contributed by atoms with Gasteiger partial charge in [0.1, 0.15) is 5.82 Å². The van der Waals surface area contributed by atoms with Crippen LogP contribution in [0.15, 0.2) is 57.2 Å². The Morgan fingerprint density at radius 2 is 2.03 bits per heavy atom. The minimum Gasteiger partial charge on any atom is -0.408 e. The molecule has 162 valence electrons. The number of hydrogen-bond donors (Lipinski definition) is 3. The monoisotopic (exact) mass is 425 g/mol. The maximum Gasteiger partial charge on any atom is 0.417 e. The number of aromatic nitrogens is 1. The Morgan fingerprint density at radius 1 is 1.19 bits per heavy atom. The normalized spacial score (nSPS) is 22.3. The highest BCUT2D eigenvalue weighted by molar-refractivity contribution is 5.79. The first-order valence-electron chi connectivity index (χ1n) is 10.4. The van der Waals surface area contributed by atoms with Gasteiger partial charge >= 0.3 is 5.76 Å². The van der Waals surface area contributed by atoms with E-state index in [-0.39, 0.29) is 11.7 Å². The molecule has 0 saturated carbocycles. The van der Waals surface area contributed by atoms with Gasteiger partial charge in [-0.3, -0.25) is 20.2 Å². The highest BCUT2D eigenvalue weighted by atomic mass is 19.1. The summed E-state index contributed by atoms with van der Waals surface area (Å²) in [6.45, 7) is 2.58. The van der Waals surface area contributed by atoms with E-state index in [4.69, 9.17) is 9.25 Å². The van der Waals surface area contributed by atoms with Crippen molar-refractivity contribution in [3.05, 3.63) is 75.5 Å². The molecule has 8 heteroatoms. The van der Waals surface area contributed by atoms with Crippen LogP contribution in [0.3, 0.4) is 0 Å². The number of piperidine rings is 1. The first-order valence-corrected chi connectivity index (χ1v) is 10.4. The van der Waals surface area contributed by atoms with E-state index in [1.807, 2.05) is 18.2 Å². The van der Waals surface area contributed by atoms with Gasteiger partial charge in [-0.05, 0) is 60.7 Å². The summed E-state index contributed by atoms with van der Waals surface area (Å²) >= 11 is 0. The van der Waals surface area contributed by atoms with Crippen molar-refractivity contribution in [1.82, 2.24) is 15.4 Å². The van der Waals surface area contributed by atoms with Crippen LogP contribution >= 0.6 is 0 Å². The lowest BCUT2D eigenvalue weighted by Crippen LogP contribution is -2.45. The molecule has 2 aromatic carbocycles. The van der Waals surface area contributed by atoms with Crippen LogP contribution in [-0.2, 0) is 11.3 Å². The number of oxazole rings is 1. The number of aliphatic hydroxyl groups excluding tert-OH is 1. The van der Waals surface area contributed by atoms with Gasteiger partial charge in [-0.25, -0.2) is 9.18 Å². The first-order chi connectivity index (χ1) is 15.0. The van der Waals surface area contributed by atoms with Crippen molar-refractivity contribution in [2.75, 3.05) is 26.2 Å². The number of likely N-dealkylation sites (tertiary alicyclic amines) is 1. The quantitative estimate of drug-likeness (QED) is 0.582. The topological polar surface area (TPSA) is 90.7 Å². The van der Waals surface area contributed by atoms with Gasteiger partial charge in [0.25, 0.3) is 0 Å². The molecule has 1 fully saturated rings. The Morgan fingerprint density at radius 3 is 2.84 bits per heavy atom. The second-order valence-electron chi connectivity index (χ2n) is 8.28. The Balaban J connectivity index is 1.26. The fourth-order valence-electron chi connectivity index (χ4n) is 4.45. The van der Waals surface area contributed by atoms with Crippen molar-refractivity contribution in [3.63, 3.8) is 0 Å². The van der Waals surface area contributed by atoms with E-state index in [9.17, 15) is 14.3 Å². The van der Waals surface area contributed by atoms with Gasteiger partial charge in [0.05, 0.1) is 23.9 Å². The Hall–Kier alpha value is -2.94. The van der Waals surface area contributed by atoms with Crippen molar-refractivity contribution >= 4 is 16.8 Å². The number of nitrogens with one attached hydrogen (secondary N) is 2. The molecule has 3 aromatic rings. The molecule has 2 aliphatic heterocycles. The summed E-state index contributed by atoms with van der Waals surface area (Å²) in [5, 5.41) is 10.7. The summed E-state index contributed by atoms with van der Waals surface area (Å²) in [5.74, 6) is -0.560. The molecule has 2 aliphatic rings. The Labute approximate surface area is 178 Å². The summed E-state index contributed by atoms with van der Waals surface area (Å²) < 4.78 is 18.3. The van der Waals surface area contributed by atoms with Crippen molar-refractivity contribution in [3.8, 4) is 0 Å². The number of halogens is 1. The zero-order chi connectivity index (χ0) is 21.4. The zero-order valence-corrected chi connectivity index (χ0v) is 16.9. The third kappa shape index (κ3) is 4.27. The van der Waals surface area contributed by atoms with E-state index in [2.05, 4.69) is 15.4 Å². The van der Waals surface area contributed by atoms with Gasteiger partial charge in [0.15, 0.2) is 5.58 Å². The molecular weight excluding hydrogens is 401 g/mol. The van der Waals surface area contributed by atoms with Gasteiger partial charge in [0, 0.05) is 18.7 Å². The van der Waals surface area contributed by atoms with E-state index < -0.39 is 11.9 Å². The van der Waals surface area contributed by atoms with Gasteiger partial charge in [-0.2, -0.15) is 0 Å². The Kier molecular flexibility index (Phi) is 5.35. The van der Waals surface area contributed by atoms with Crippen LogP contribution in [0.2, 0.25) is 0 Å². The molecule has 31 heavy (non-hydrogen) atoms. The van der Waals surface area contributed by atoms with Crippen LogP contribution in [-0.4, -0.2) is 47.3 Å². The maximum absolute atomic E-state index is 13.1. The molecule has 2 atom stereocenters. The number of benzene rings is 2. The lowest BCUT2D eigenvalue weighted by Gasteiger charge is -2.36. The minimum atomic E-state index is -0.477. The largest absolute Gasteiger partial charge is 0.417 e. The third-order valence-corrected chi connectivity index (χ3v) is 6.12. The average Bonchev–Trinajstić information content (AvgIpc) is 3.36. The predicted molar refractivity (Wildman–Crippen MR) is 114 cm³/mol. The zero-order valence-electron chi connectivity index (χ0n) is 16.9. The number of aromatic amines is 1. The highest BCUT2D eigenvalue weighted by Crippen LogP contribution is 2.27. The predicted octanol–water partition coefficient (Wildman–Crippen LogP) is 2.43. The molecule has 1 unspecified atom stereocenters. The van der Waals surface area contributed by atoms with Gasteiger partial charge < -0.3 is 9.52 Å². The van der Waals surface area contributed by atoms with E-state index >= 15 is 0 Å². The first kappa shape index (κ1) is 20.0. The second-order valence-corrected chi connectivity index (χ2v) is 8.28. The smallest absolute Gasteiger partial charge is 0.408 e. The number of fused-ring (bicyclic) bond motifs is 1. The minimum absolute atomic E-state index is 0.159. The summed E-state index contributed by atoms with van der Waals surface area (Å²) in [6.07, 6.45) is 1.18. The molecule has 0 bridgehead atoms. The number of rotatable bonds is 5. The molecule has 0 amide bonds. The molecule has 7 nitrogen and oxygen atoms in total. The Bertz CT molecular complexity index is 1170. The third-order valence-electron chi connectivity index (χ3n) is 6.12. The second kappa shape index (κ2) is 8.30. The molecule has 0 aliphatic carbocycles. The van der Waals surface area contributed by atoms with Gasteiger partial charge in [-0.15, -0.1) is 0 Å². The van der Waals surface area contributed by atoms with E-state index in [1.54, 1.807) is 12.1 Å². The fourth-order valence-corrected chi connectivity index (χ4v) is 4.45. The lowest BCUT2D eigenvalue weighted by molar-refractivity contribution is 0.0244. The standard InChI is InChI=1S/C23H24FN3O4/c24-18-4-1-14(2-5-18)9-15-7-8-27(12-20(15)28)11-17-13-30-26-22(17)16-3-6-19-21(10-16)31-23(29)25-19/h1-6,10,15,20,26,28H,7-9,11-13H2,(H,25,29)/t15?,20-/m1/s1. The van der Waals surface area contributed by atoms with Crippen molar-refractivity contribution in [2.24, 2.45) is 5.92 Å². The van der Waals surface area contributed by atoms with Crippen LogP contribution in [0.4, 0.5) is 4.39 Å². The van der Waals surface area contributed by atoms with Gasteiger partial charge in [0.2, 0.25) is 0 Å². The van der Waals surface area contributed by atoms with Gasteiger partial charge in [-0.1, -0.05) is 18.2 Å². The number of hydrogen-bond acceptors (Lipinski definition) is 6. The van der Waals surface area contributed by atoms with Crippen LogP contribution in [0.1, 0.15) is 17.5 Å². The number of β-amino-alcohol motifs (C(OH)–C–C–N with tert-alkyl or cyclic N) is 1. The van der Waals surface area contributed by atoms with Crippen LogP contribution in [0.25, 0.3) is 16.8 Å². The maximum atomic E-state index is 13.1. The van der Waals surface area contributed by atoms with Crippen molar-refractivity contribution in [1.29, 1.82) is 0 Å². The lowest BCUT2D eigenvalue weighted by atomic mass is 9.87. The molecule has 0 radical (unpaired) electrons. The number of aliphatic hydroxyl groups is 1. The van der Waals surface area contributed by atoms with Crippen LogP contribution in [0.5, 0.6) is 0 Å². The molecule has 1 saturated heterocycles. The molecule has 5 rings (SSSR count). The van der Waals surface area contributed by atoms with Crippen molar-refractivity contribution in [2.45, 2.75) is 18.9 Å². The summed E-state index contributed by atoms with van der Waals surface area (Å²) in [6, 6.07) is 12.0. The average molecular weight is 425 g/mol. The van der Waals surface area contributed by atoms with E-state index in [0.717, 1.165) is 41.8 Å². The number of hydroxylamine groups is 1. The number of H-pyrrole nitrogens is 1. The molecule has 3 N–H and O–H groups in total. The molecule has 3 heterocycles. The summed E-state index contributed by atoms with van der Waals surface area (Å²) in [5.41, 5.74) is 8.01. The molecule has 0 spiro atoms. The van der Waals surface area contributed by atoms with E-state index in [1.165, 1.54) is 12.1 Å². The SMILES string of the molecule is O=c1[nH]c2ccc(C3=C(CN4CCC(Cc5ccc(F)cc5)[C@H](O)C4)CON3)cc2o1. The number of nitrogens with zero attached hydrogens (tertiary/aromatic N) is 1.